The van der Waals surface area contributed by atoms with E-state index in [9.17, 15) is 4.79 Å². The molecule has 0 rings (SSSR count). The predicted molar refractivity (Wildman–Crippen MR) is 66.3 cm³/mol. The Morgan fingerprint density at radius 1 is 1.62 bits per heavy atom. The molecule has 5 N–H and O–H groups in total. The van der Waals surface area contributed by atoms with Gasteiger partial charge >= 0.3 is 0 Å². The van der Waals surface area contributed by atoms with Gasteiger partial charge in [0.2, 0.25) is 5.91 Å². The summed E-state index contributed by atoms with van der Waals surface area (Å²) < 4.78 is 0. The molecular weight excluding hydrogens is 228 g/mol. The summed E-state index contributed by atoms with van der Waals surface area (Å²) in [5, 5.41) is 20.6. The van der Waals surface area contributed by atoms with Gasteiger partial charge in [-0.15, -0.1) is 0 Å². The van der Waals surface area contributed by atoms with Crippen LogP contribution in [0.25, 0.3) is 0 Å². The summed E-state index contributed by atoms with van der Waals surface area (Å²) in [4.78, 5) is 11.2. The molecule has 16 heavy (non-hydrogen) atoms. The van der Waals surface area contributed by atoms with Crippen molar-refractivity contribution >= 4 is 17.7 Å². The van der Waals surface area contributed by atoms with Gasteiger partial charge in [-0.25, -0.2) is 0 Å². The average Bonchev–Trinajstić information content (AvgIpc) is 2.27. The van der Waals surface area contributed by atoms with Gasteiger partial charge in [0.05, 0.1) is 18.2 Å². The van der Waals surface area contributed by atoms with Gasteiger partial charge in [0.25, 0.3) is 0 Å². The maximum Gasteiger partial charge on any atom is 0.237 e. The van der Waals surface area contributed by atoms with Gasteiger partial charge in [-0.3, -0.25) is 4.79 Å². The van der Waals surface area contributed by atoms with Crippen molar-refractivity contribution in [3.63, 3.8) is 0 Å². The summed E-state index contributed by atoms with van der Waals surface area (Å²) >= 11 is 1.56. The van der Waals surface area contributed by atoms with Crippen LogP contribution in [-0.4, -0.2) is 52.9 Å². The van der Waals surface area contributed by atoms with Crippen LogP contribution < -0.4 is 11.1 Å². The van der Waals surface area contributed by atoms with E-state index in [2.05, 4.69) is 5.32 Å². The highest BCUT2D eigenvalue weighted by molar-refractivity contribution is 7.99. The molecule has 0 spiro atoms. The first kappa shape index (κ1) is 15.7. The quantitative estimate of drug-likeness (QED) is 0.407. The second-order valence-electron chi connectivity index (χ2n) is 3.96. The molecule has 96 valence electrons. The normalized spacial score (nSPS) is 16.8. The number of rotatable bonds is 9. The largest absolute Gasteiger partial charge is 0.394 e. The Morgan fingerprint density at radius 3 is 2.69 bits per heavy atom. The summed E-state index contributed by atoms with van der Waals surface area (Å²) in [5.41, 5.74) is 4.63. The first-order valence-corrected chi connectivity index (χ1v) is 6.47. The van der Waals surface area contributed by atoms with E-state index < -0.39 is 11.6 Å². The molecule has 0 aliphatic carbocycles. The minimum absolute atomic E-state index is 0.206. The molecule has 6 heteroatoms. The molecule has 0 aromatic carbocycles. The van der Waals surface area contributed by atoms with Gasteiger partial charge in [-0.05, 0) is 32.6 Å². The number of aliphatic hydroxyl groups is 2. The standard InChI is InChI=1S/C10H22N2O3S/c1-10(12-2,9(11)15)4-3-5-16-7-8(14)6-13/h8,12-14H,3-7H2,1-2H3,(H2,11,15). The molecule has 0 saturated heterocycles. The molecule has 0 aliphatic rings. The second-order valence-corrected chi connectivity index (χ2v) is 5.11. The van der Waals surface area contributed by atoms with E-state index in [0.717, 1.165) is 12.2 Å². The van der Waals surface area contributed by atoms with E-state index in [-0.39, 0.29) is 12.5 Å². The lowest BCUT2D eigenvalue weighted by atomic mass is 9.96. The van der Waals surface area contributed by atoms with Gasteiger partial charge < -0.3 is 21.3 Å². The number of hydrogen-bond donors (Lipinski definition) is 4. The monoisotopic (exact) mass is 250 g/mol. The van der Waals surface area contributed by atoms with Crippen LogP contribution in [0, 0.1) is 0 Å². The third-order valence-electron chi connectivity index (χ3n) is 2.58. The van der Waals surface area contributed by atoms with Crippen molar-refractivity contribution in [3.8, 4) is 0 Å². The van der Waals surface area contributed by atoms with E-state index >= 15 is 0 Å². The van der Waals surface area contributed by atoms with Crippen LogP contribution in [-0.2, 0) is 4.79 Å². The Labute approximate surface area is 101 Å². The summed E-state index contributed by atoms with van der Waals surface area (Å²) in [6.07, 6.45) is 0.848. The number of amides is 1. The molecule has 0 radical (unpaired) electrons. The fourth-order valence-electron chi connectivity index (χ4n) is 1.17. The number of nitrogens with two attached hydrogens (primary N) is 1. The lowest BCUT2D eigenvalue weighted by molar-refractivity contribution is -0.123. The highest BCUT2D eigenvalue weighted by Crippen LogP contribution is 2.14. The van der Waals surface area contributed by atoms with Crippen molar-refractivity contribution in [3.05, 3.63) is 0 Å². The molecule has 0 fully saturated rings. The number of carbonyl (C=O) groups excluding carboxylic acids is 1. The van der Waals surface area contributed by atoms with Gasteiger partial charge in [0.1, 0.15) is 0 Å². The topological polar surface area (TPSA) is 95.6 Å². The van der Waals surface area contributed by atoms with E-state index in [4.69, 9.17) is 15.9 Å². The fourth-order valence-corrected chi connectivity index (χ4v) is 2.06. The van der Waals surface area contributed by atoms with Gasteiger partial charge in [-0.2, -0.15) is 11.8 Å². The van der Waals surface area contributed by atoms with Crippen LogP contribution in [0.5, 0.6) is 0 Å². The second kappa shape index (κ2) is 7.89. The van der Waals surface area contributed by atoms with E-state index in [1.165, 1.54) is 0 Å². The first-order chi connectivity index (χ1) is 7.46. The minimum atomic E-state index is -0.657. The molecular formula is C10H22N2O3S. The van der Waals surface area contributed by atoms with E-state index in [1.807, 2.05) is 0 Å². The van der Waals surface area contributed by atoms with Crippen molar-refractivity contribution in [2.75, 3.05) is 25.2 Å². The maximum absolute atomic E-state index is 11.2. The number of hydrogen-bond acceptors (Lipinski definition) is 5. The Balaban J connectivity index is 3.68. The van der Waals surface area contributed by atoms with Crippen molar-refractivity contribution in [1.82, 2.24) is 5.32 Å². The number of thioether (sulfide) groups is 1. The zero-order valence-electron chi connectivity index (χ0n) is 9.90. The van der Waals surface area contributed by atoms with Gasteiger partial charge in [0, 0.05) is 5.75 Å². The molecule has 0 aliphatic heterocycles. The average molecular weight is 250 g/mol. The number of likely N-dealkylation sites (N-methyl/N-ethyl adjacent to an activating group) is 1. The van der Waals surface area contributed by atoms with Crippen LogP contribution in [0.2, 0.25) is 0 Å². The molecule has 0 heterocycles. The smallest absolute Gasteiger partial charge is 0.237 e. The van der Waals surface area contributed by atoms with Crippen LogP contribution in [0.1, 0.15) is 19.8 Å². The maximum atomic E-state index is 11.2. The zero-order valence-corrected chi connectivity index (χ0v) is 10.7. The molecule has 2 atom stereocenters. The number of aliphatic hydroxyl groups excluding tert-OH is 2. The third-order valence-corrected chi connectivity index (χ3v) is 3.78. The Kier molecular flexibility index (Phi) is 7.74. The zero-order chi connectivity index (χ0) is 12.6. The first-order valence-electron chi connectivity index (χ1n) is 5.31. The summed E-state index contributed by atoms with van der Waals surface area (Å²) in [7, 11) is 1.72. The highest BCUT2D eigenvalue weighted by Gasteiger charge is 2.27. The van der Waals surface area contributed by atoms with Crippen molar-refractivity contribution in [2.45, 2.75) is 31.4 Å². The fraction of sp³-hybridized carbons (Fsp3) is 0.900. The van der Waals surface area contributed by atoms with Crippen LogP contribution >= 0.6 is 11.8 Å². The lowest BCUT2D eigenvalue weighted by Crippen LogP contribution is -2.51. The van der Waals surface area contributed by atoms with Gasteiger partial charge in [-0.1, -0.05) is 0 Å². The summed E-state index contributed by atoms with van der Waals surface area (Å²) in [6, 6.07) is 0. The van der Waals surface area contributed by atoms with Crippen LogP contribution in [0.4, 0.5) is 0 Å². The summed E-state index contributed by atoms with van der Waals surface area (Å²) in [5.74, 6) is 1.00. The van der Waals surface area contributed by atoms with Crippen molar-refractivity contribution in [1.29, 1.82) is 0 Å². The Morgan fingerprint density at radius 2 is 2.25 bits per heavy atom. The molecule has 0 saturated carbocycles. The predicted octanol–water partition coefficient (Wildman–Crippen LogP) is -0.684. The summed E-state index contributed by atoms with van der Waals surface area (Å²) in [6.45, 7) is 1.57. The molecule has 1 amide bonds. The van der Waals surface area contributed by atoms with Gasteiger partial charge in [0.15, 0.2) is 0 Å². The lowest BCUT2D eigenvalue weighted by Gasteiger charge is -2.25. The highest BCUT2D eigenvalue weighted by atomic mass is 32.2. The molecule has 0 aromatic heterocycles. The number of nitrogens with one attached hydrogen (secondary N) is 1. The number of carbonyl (C=O) groups is 1. The van der Waals surface area contributed by atoms with E-state index in [1.54, 1.807) is 25.7 Å². The third kappa shape index (κ3) is 5.69. The van der Waals surface area contributed by atoms with Crippen LogP contribution in [0.15, 0.2) is 0 Å². The molecule has 5 nitrogen and oxygen atoms in total. The van der Waals surface area contributed by atoms with Crippen molar-refractivity contribution < 1.29 is 15.0 Å². The molecule has 0 aromatic rings. The van der Waals surface area contributed by atoms with Crippen molar-refractivity contribution in [2.24, 2.45) is 5.73 Å². The minimum Gasteiger partial charge on any atom is -0.394 e. The SMILES string of the molecule is CNC(C)(CCCSCC(O)CO)C(N)=O. The van der Waals surface area contributed by atoms with Crippen LogP contribution in [0.3, 0.4) is 0 Å². The molecule has 2 unspecified atom stereocenters. The Hall–Kier alpha value is -0.300. The van der Waals surface area contributed by atoms with E-state index in [0.29, 0.717) is 12.2 Å². The number of primary amides is 1. The molecule has 0 bridgehead atoms. The Bertz CT molecular complexity index is 216.